The van der Waals surface area contributed by atoms with Crippen molar-refractivity contribution < 1.29 is 39.8 Å². The van der Waals surface area contributed by atoms with E-state index in [1.54, 1.807) is 0 Å². The van der Waals surface area contributed by atoms with Crippen molar-refractivity contribution in [2.75, 3.05) is 13.2 Å². The summed E-state index contributed by atoms with van der Waals surface area (Å²) in [5, 5.41) is 45.4. The molecule has 0 aliphatic carbocycles. The van der Waals surface area contributed by atoms with Crippen LogP contribution in [0.3, 0.4) is 0 Å². The van der Waals surface area contributed by atoms with E-state index < -0.39 is 49.9 Å². The number of aliphatic hydroxyl groups excluding tert-OH is 4. The number of ether oxygens (including phenoxy) is 2. The minimum atomic E-state index is -1.64. The van der Waals surface area contributed by atoms with Crippen molar-refractivity contribution in [3.05, 3.63) is 0 Å². The maximum atomic E-state index is 10.3. The van der Waals surface area contributed by atoms with Gasteiger partial charge in [0, 0.05) is 0 Å². The lowest BCUT2D eigenvalue weighted by Gasteiger charge is -2.39. The minimum absolute atomic E-state index is 0.585. The summed E-state index contributed by atoms with van der Waals surface area (Å²) in [5.74, 6) is -1.28. The lowest BCUT2D eigenvalue weighted by atomic mass is 9.99. The van der Waals surface area contributed by atoms with Crippen LogP contribution in [0.4, 0.5) is 0 Å². The number of rotatable bonds is 4. The summed E-state index contributed by atoms with van der Waals surface area (Å²) in [6.45, 7) is -1.32. The van der Waals surface area contributed by atoms with E-state index in [9.17, 15) is 20.1 Å². The Bertz CT molecular complexity index is 244. The summed E-state index contributed by atoms with van der Waals surface area (Å²) in [5.41, 5.74) is 0. The summed E-state index contributed by atoms with van der Waals surface area (Å²) < 4.78 is 9.40. The highest BCUT2D eigenvalue weighted by Gasteiger charge is 2.44. The molecule has 1 fully saturated rings. The summed E-state index contributed by atoms with van der Waals surface area (Å²) in [7, 11) is 0. The average Bonchev–Trinajstić information content (AvgIpc) is 2.23. The van der Waals surface area contributed by atoms with Crippen LogP contribution in [0.25, 0.3) is 0 Å². The summed E-state index contributed by atoms with van der Waals surface area (Å²) >= 11 is 0. The van der Waals surface area contributed by atoms with E-state index in [0.29, 0.717) is 0 Å². The van der Waals surface area contributed by atoms with E-state index in [-0.39, 0.29) is 0 Å². The molecular formula is C8H14O8. The molecule has 0 bridgehead atoms. The molecule has 0 aromatic rings. The van der Waals surface area contributed by atoms with Crippen molar-refractivity contribution in [3.8, 4) is 0 Å². The van der Waals surface area contributed by atoms with Gasteiger partial charge in [0.05, 0.1) is 6.61 Å². The molecule has 5 atom stereocenters. The first kappa shape index (κ1) is 13.3. The van der Waals surface area contributed by atoms with Crippen molar-refractivity contribution >= 4 is 5.97 Å². The Labute approximate surface area is 90.6 Å². The number of hydrogen-bond donors (Lipinski definition) is 5. The van der Waals surface area contributed by atoms with Gasteiger partial charge in [-0.1, -0.05) is 0 Å². The molecule has 1 aliphatic rings. The maximum Gasteiger partial charge on any atom is 0.329 e. The third kappa shape index (κ3) is 2.88. The molecule has 8 heteroatoms. The van der Waals surface area contributed by atoms with E-state index in [1.807, 2.05) is 0 Å². The zero-order valence-corrected chi connectivity index (χ0v) is 8.26. The fourth-order valence-electron chi connectivity index (χ4n) is 1.43. The molecule has 1 saturated heterocycles. The van der Waals surface area contributed by atoms with Crippen LogP contribution in [0.1, 0.15) is 0 Å². The number of carboxylic acid groups (broad SMARTS) is 1. The van der Waals surface area contributed by atoms with Gasteiger partial charge in [0.1, 0.15) is 31.0 Å². The van der Waals surface area contributed by atoms with Crippen LogP contribution in [0.5, 0.6) is 0 Å². The number of aliphatic carboxylic acids is 1. The Kier molecular flexibility index (Phi) is 4.59. The Morgan fingerprint density at radius 3 is 2.38 bits per heavy atom. The van der Waals surface area contributed by atoms with Crippen LogP contribution in [0, 0.1) is 0 Å². The van der Waals surface area contributed by atoms with Gasteiger partial charge in [0.2, 0.25) is 0 Å². The monoisotopic (exact) mass is 238 g/mol. The molecule has 1 rings (SSSR count). The Balaban J connectivity index is 2.65. The van der Waals surface area contributed by atoms with Crippen LogP contribution < -0.4 is 0 Å². The van der Waals surface area contributed by atoms with Crippen LogP contribution in [-0.4, -0.2) is 75.4 Å². The van der Waals surface area contributed by atoms with Gasteiger partial charge in [-0.2, -0.15) is 0 Å². The molecule has 16 heavy (non-hydrogen) atoms. The average molecular weight is 238 g/mol. The summed E-state index contributed by atoms with van der Waals surface area (Å²) in [6.07, 6.45) is -7.08. The molecule has 0 unspecified atom stereocenters. The maximum absolute atomic E-state index is 10.3. The predicted molar refractivity (Wildman–Crippen MR) is 47.4 cm³/mol. The van der Waals surface area contributed by atoms with Crippen molar-refractivity contribution in [3.63, 3.8) is 0 Å². The number of hydrogen-bond acceptors (Lipinski definition) is 7. The van der Waals surface area contributed by atoms with Gasteiger partial charge in [0.15, 0.2) is 6.29 Å². The second-order valence-electron chi connectivity index (χ2n) is 3.40. The molecule has 0 aromatic heterocycles. The first-order valence-electron chi connectivity index (χ1n) is 4.61. The van der Waals surface area contributed by atoms with E-state index in [4.69, 9.17) is 14.9 Å². The summed E-state index contributed by atoms with van der Waals surface area (Å²) in [6, 6.07) is 0. The quantitative estimate of drug-likeness (QED) is 0.347. The highest BCUT2D eigenvalue weighted by Crippen LogP contribution is 2.22. The molecule has 0 amide bonds. The van der Waals surface area contributed by atoms with Gasteiger partial charge >= 0.3 is 5.97 Å². The lowest BCUT2D eigenvalue weighted by Crippen LogP contribution is -2.59. The Morgan fingerprint density at radius 2 is 1.88 bits per heavy atom. The highest BCUT2D eigenvalue weighted by atomic mass is 16.6. The molecule has 0 spiro atoms. The third-order valence-corrected chi connectivity index (χ3v) is 2.24. The minimum Gasteiger partial charge on any atom is -0.480 e. The lowest BCUT2D eigenvalue weighted by molar-refractivity contribution is -0.293. The topological polar surface area (TPSA) is 137 Å². The van der Waals surface area contributed by atoms with Crippen molar-refractivity contribution in [1.29, 1.82) is 0 Å². The molecule has 1 heterocycles. The van der Waals surface area contributed by atoms with E-state index >= 15 is 0 Å². The standard InChI is InChI=1S/C8H14O8/c9-1-3-5(12)7(15-2-4(10)11)6(13)8(14)16-3/h3,5-9,12-14H,1-2H2,(H,10,11)/t3-,5-,6-,7+,8-/m1/s1. The Hall–Kier alpha value is -0.770. The van der Waals surface area contributed by atoms with E-state index in [0.717, 1.165) is 0 Å². The fourth-order valence-corrected chi connectivity index (χ4v) is 1.43. The zero-order valence-electron chi connectivity index (χ0n) is 8.26. The van der Waals surface area contributed by atoms with Gasteiger partial charge in [-0.15, -0.1) is 0 Å². The molecular weight excluding hydrogens is 224 g/mol. The second-order valence-corrected chi connectivity index (χ2v) is 3.40. The van der Waals surface area contributed by atoms with E-state index in [1.165, 1.54) is 0 Å². The molecule has 5 N–H and O–H groups in total. The number of carboxylic acids is 1. The second kappa shape index (κ2) is 5.53. The van der Waals surface area contributed by atoms with Crippen LogP contribution in [-0.2, 0) is 14.3 Å². The number of carbonyl (C=O) groups is 1. The van der Waals surface area contributed by atoms with E-state index in [2.05, 4.69) is 4.74 Å². The molecule has 0 radical (unpaired) electrons. The van der Waals surface area contributed by atoms with Gasteiger partial charge in [-0.05, 0) is 0 Å². The van der Waals surface area contributed by atoms with Crippen molar-refractivity contribution in [1.82, 2.24) is 0 Å². The molecule has 94 valence electrons. The van der Waals surface area contributed by atoms with Crippen molar-refractivity contribution in [2.24, 2.45) is 0 Å². The highest BCUT2D eigenvalue weighted by molar-refractivity contribution is 5.68. The molecule has 8 nitrogen and oxygen atoms in total. The SMILES string of the molecule is O=C(O)CO[C@@H]1[C@@H](O)[C@H](O)O[C@H](CO)[C@H]1O. The smallest absolute Gasteiger partial charge is 0.329 e. The Morgan fingerprint density at radius 1 is 1.25 bits per heavy atom. The zero-order chi connectivity index (χ0) is 12.3. The van der Waals surface area contributed by atoms with Crippen LogP contribution >= 0.6 is 0 Å². The van der Waals surface area contributed by atoms with Gasteiger partial charge < -0.3 is 35.0 Å². The summed E-state index contributed by atoms with van der Waals surface area (Å²) in [4.78, 5) is 10.3. The molecule has 0 aromatic carbocycles. The fraction of sp³-hybridized carbons (Fsp3) is 0.875. The largest absolute Gasteiger partial charge is 0.480 e. The van der Waals surface area contributed by atoms with Crippen LogP contribution in [0.15, 0.2) is 0 Å². The van der Waals surface area contributed by atoms with Gasteiger partial charge in [-0.25, -0.2) is 4.79 Å². The first-order chi connectivity index (χ1) is 7.47. The van der Waals surface area contributed by atoms with Crippen molar-refractivity contribution in [2.45, 2.75) is 30.7 Å². The molecule has 0 saturated carbocycles. The third-order valence-electron chi connectivity index (χ3n) is 2.24. The first-order valence-corrected chi connectivity index (χ1v) is 4.61. The van der Waals surface area contributed by atoms with Gasteiger partial charge in [0.25, 0.3) is 0 Å². The van der Waals surface area contributed by atoms with Gasteiger partial charge in [-0.3, -0.25) is 0 Å². The normalized spacial score (nSPS) is 39.6. The number of aliphatic hydroxyl groups is 4. The molecule has 1 aliphatic heterocycles. The predicted octanol–water partition coefficient (Wildman–Crippen LogP) is -3.11. The van der Waals surface area contributed by atoms with Crippen LogP contribution in [0.2, 0.25) is 0 Å².